The number of benzene rings is 1. The molecule has 1 saturated heterocycles. The van der Waals surface area contributed by atoms with E-state index in [0.29, 0.717) is 36.3 Å². The summed E-state index contributed by atoms with van der Waals surface area (Å²) in [4.78, 5) is 31.4. The molecule has 3 heterocycles. The maximum absolute atomic E-state index is 13.2. The first-order valence-corrected chi connectivity index (χ1v) is 9.37. The van der Waals surface area contributed by atoms with Crippen molar-refractivity contribution >= 4 is 17.5 Å². The average Bonchev–Trinajstić information content (AvgIpc) is 3.15. The van der Waals surface area contributed by atoms with Crippen molar-refractivity contribution in [2.45, 2.75) is 12.8 Å². The van der Waals surface area contributed by atoms with Gasteiger partial charge in [0.15, 0.2) is 5.78 Å². The second-order valence-corrected chi connectivity index (χ2v) is 7.03. The molecule has 0 aliphatic carbocycles. The van der Waals surface area contributed by atoms with Crippen molar-refractivity contribution in [2.24, 2.45) is 5.92 Å². The van der Waals surface area contributed by atoms with Crippen LogP contribution in [0.2, 0.25) is 0 Å². The number of likely N-dealkylation sites (tertiary alicyclic amines) is 1. The molecule has 2 N–H and O–H groups in total. The van der Waals surface area contributed by atoms with Crippen molar-refractivity contribution in [3.63, 3.8) is 0 Å². The van der Waals surface area contributed by atoms with Crippen molar-refractivity contribution in [1.29, 1.82) is 0 Å². The number of pyridine rings is 1. The number of rotatable bonds is 4. The Bertz CT molecular complexity index is 1030. The summed E-state index contributed by atoms with van der Waals surface area (Å²) in [5, 5.41) is 4.19. The van der Waals surface area contributed by atoms with Crippen LogP contribution in [0.3, 0.4) is 0 Å². The molecular weight excluding hydrogens is 373 g/mol. The highest BCUT2D eigenvalue weighted by Gasteiger charge is 2.31. The highest BCUT2D eigenvalue weighted by atomic mass is 19.1. The number of carbonyl (C=O) groups excluding carboxylic acids is 2. The van der Waals surface area contributed by atoms with Crippen LogP contribution in [0.4, 0.5) is 10.2 Å². The molecule has 1 fully saturated rings. The molecule has 8 heteroatoms. The molecule has 0 bridgehead atoms. The van der Waals surface area contributed by atoms with Crippen LogP contribution in [0.1, 0.15) is 33.6 Å². The number of amides is 1. The molecule has 0 saturated carbocycles. The molecule has 29 heavy (non-hydrogen) atoms. The largest absolute Gasteiger partial charge is 0.383 e. The Balaban J connectivity index is 1.52. The minimum absolute atomic E-state index is 0.134. The van der Waals surface area contributed by atoms with Crippen LogP contribution in [0.25, 0.3) is 5.69 Å². The van der Waals surface area contributed by atoms with Gasteiger partial charge in [-0.1, -0.05) is 0 Å². The van der Waals surface area contributed by atoms with E-state index in [1.165, 1.54) is 29.2 Å². The Morgan fingerprint density at radius 2 is 1.93 bits per heavy atom. The van der Waals surface area contributed by atoms with Gasteiger partial charge in [0.2, 0.25) is 0 Å². The first kappa shape index (κ1) is 18.8. The number of carbonyl (C=O) groups is 2. The van der Waals surface area contributed by atoms with E-state index in [1.807, 2.05) is 0 Å². The van der Waals surface area contributed by atoms with Crippen LogP contribution in [-0.4, -0.2) is 44.4 Å². The third kappa shape index (κ3) is 3.73. The fourth-order valence-electron chi connectivity index (χ4n) is 3.60. The number of aromatic nitrogens is 3. The number of halogens is 1. The van der Waals surface area contributed by atoms with Gasteiger partial charge in [0, 0.05) is 31.4 Å². The minimum Gasteiger partial charge on any atom is -0.383 e. The molecule has 4 rings (SSSR count). The summed E-state index contributed by atoms with van der Waals surface area (Å²) in [5.41, 5.74) is 7.55. The van der Waals surface area contributed by atoms with E-state index in [9.17, 15) is 14.0 Å². The fraction of sp³-hybridized carbons (Fsp3) is 0.238. The molecule has 1 aliphatic heterocycles. The molecular formula is C21H20FN5O2. The number of anilines is 1. The SMILES string of the molecule is Nc1c(C(=O)C2CCCN(C(=O)c3cccnc3)C2)cnn1-c1ccc(F)cc1. The molecule has 148 valence electrons. The van der Waals surface area contributed by atoms with Crippen molar-refractivity contribution in [3.8, 4) is 5.69 Å². The predicted molar refractivity (Wildman–Crippen MR) is 105 cm³/mol. The zero-order valence-corrected chi connectivity index (χ0v) is 15.7. The summed E-state index contributed by atoms with van der Waals surface area (Å²) in [5.74, 6) is -0.781. The zero-order chi connectivity index (χ0) is 20.4. The molecule has 1 unspecified atom stereocenters. The monoisotopic (exact) mass is 393 g/mol. The van der Waals surface area contributed by atoms with Gasteiger partial charge < -0.3 is 10.6 Å². The fourth-order valence-corrected chi connectivity index (χ4v) is 3.60. The lowest BCUT2D eigenvalue weighted by atomic mass is 9.90. The number of hydrogen-bond donors (Lipinski definition) is 1. The van der Waals surface area contributed by atoms with E-state index in [2.05, 4.69) is 10.1 Å². The summed E-state index contributed by atoms with van der Waals surface area (Å²) in [6.07, 6.45) is 5.98. The molecule has 1 aliphatic rings. The van der Waals surface area contributed by atoms with E-state index in [-0.39, 0.29) is 29.2 Å². The van der Waals surface area contributed by atoms with Crippen LogP contribution in [0, 0.1) is 11.7 Å². The zero-order valence-electron chi connectivity index (χ0n) is 15.7. The standard InChI is InChI=1S/C21H20FN5O2/c22-16-5-7-17(8-6-16)27-20(23)18(12-25-27)19(28)15-4-2-10-26(13-15)21(29)14-3-1-9-24-11-14/h1,3,5-9,11-12,15H,2,4,10,13,23H2. The Hall–Kier alpha value is -3.55. The molecule has 1 amide bonds. The van der Waals surface area contributed by atoms with Gasteiger partial charge in [-0.25, -0.2) is 9.07 Å². The summed E-state index contributed by atoms with van der Waals surface area (Å²) in [6, 6.07) is 9.13. The van der Waals surface area contributed by atoms with E-state index >= 15 is 0 Å². The minimum atomic E-state index is -0.364. The van der Waals surface area contributed by atoms with Crippen LogP contribution in [0.15, 0.2) is 55.0 Å². The van der Waals surface area contributed by atoms with Gasteiger partial charge in [0.25, 0.3) is 5.91 Å². The van der Waals surface area contributed by atoms with Crippen LogP contribution >= 0.6 is 0 Å². The summed E-state index contributed by atoms with van der Waals surface area (Å²) in [6.45, 7) is 0.926. The first-order chi connectivity index (χ1) is 14.0. The Labute approximate surface area is 167 Å². The first-order valence-electron chi connectivity index (χ1n) is 9.37. The number of ketones is 1. The van der Waals surface area contributed by atoms with Gasteiger partial charge in [0.1, 0.15) is 11.6 Å². The molecule has 7 nitrogen and oxygen atoms in total. The number of Topliss-reactive ketones (excluding diaryl/α,β-unsaturated/α-hetero) is 1. The van der Waals surface area contributed by atoms with Crippen molar-refractivity contribution in [2.75, 3.05) is 18.8 Å². The third-order valence-corrected chi connectivity index (χ3v) is 5.13. The molecule has 3 aromatic rings. The molecule has 1 atom stereocenters. The lowest BCUT2D eigenvalue weighted by molar-refractivity contribution is 0.0637. The molecule has 1 aromatic carbocycles. The lowest BCUT2D eigenvalue weighted by Crippen LogP contribution is -2.42. The van der Waals surface area contributed by atoms with E-state index in [0.717, 1.165) is 6.42 Å². The van der Waals surface area contributed by atoms with Gasteiger partial charge >= 0.3 is 0 Å². The van der Waals surface area contributed by atoms with Crippen molar-refractivity contribution in [1.82, 2.24) is 19.7 Å². The normalized spacial score (nSPS) is 16.6. The number of nitrogen functional groups attached to an aromatic ring is 1. The van der Waals surface area contributed by atoms with E-state index in [1.54, 1.807) is 35.4 Å². The number of piperidine rings is 1. The Morgan fingerprint density at radius 3 is 2.66 bits per heavy atom. The number of nitrogens with zero attached hydrogens (tertiary/aromatic N) is 4. The van der Waals surface area contributed by atoms with Gasteiger partial charge in [-0.2, -0.15) is 5.10 Å². The van der Waals surface area contributed by atoms with Gasteiger partial charge in [-0.15, -0.1) is 0 Å². The topological polar surface area (TPSA) is 94.1 Å². The van der Waals surface area contributed by atoms with Crippen LogP contribution < -0.4 is 5.73 Å². The summed E-state index contributed by atoms with van der Waals surface area (Å²) < 4.78 is 14.6. The van der Waals surface area contributed by atoms with Crippen molar-refractivity contribution < 1.29 is 14.0 Å². The van der Waals surface area contributed by atoms with Gasteiger partial charge in [-0.05, 0) is 49.2 Å². The highest BCUT2D eigenvalue weighted by molar-refractivity contribution is 6.02. The highest BCUT2D eigenvalue weighted by Crippen LogP contribution is 2.26. The van der Waals surface area contributed by atoms with E-state index < -0.39 is 0 Å². The van der Waals surface area contributed by atoms with Crippen LogP contribution in [-0.2, 0) is 0 Å². The van der Waals surface area contributed by atoms with Crippen LogP contribution in [0.5, 0.6) is 0 Å². The van der Waals surface area contributed by atoms with Crippen molar-refractivity contribution in [3.05, 3.63) is 71.9 Å². The summed E-state index contributed by atoms with van der Waals surface area (Å²) >= 11 is 0. The van der Waals surface area contributed by atoms with Gasteiger partial charge in [0.05, 0.1) is 23.0 Å². The maximum atomic E-state index is 13.2. The molecule has 0 spiro atoms. The lowest BCUT2D eigenvalue weighted by Gasteiger charge is -2.32. The van der Waals surface area contributed by atoms with Gasteiger partial charge in [-0.3, -0.25) is 14.6 Å². The molecule has 2 aromatic heterocycles. The maximum Gasteiger partial charge on any atom is 0.255 e. The smallest absolute Gasteiger partial charge is 0.255 e. The second kappa shape index (κ2) is 7.83. The molecule has 0 radical (unpaired) electrons. The average molecular weight is 393 g/mol. The predicted octanol–water partition coefficient (Wildman–Crippen LogP) is 2.72. The quantitative estimate of drug-likeness (QED) is 0.688. The Kier molecular flexibility index (Phi) is 5.07. The third-order valence-electron chi connectivity index (χ3n) is 5.13. The van der Waals surface area contributed by atoms with E-state index in [4.69, 9.17) is 5.73 Å². The Morgan fingerprint density at radius 1 is 1.14 bits per heavy atom. The summed E-state index contributed by atoms with van der Waals surface area (Å²) in [7, 11) is 0. The number of hydrogen-bond acceptors (Lipinski definition) is 5. The second-order valence-electron chi connectivity index (χ2n) is 7.03. The number of nitrogens with two attached hydrogens (primary N) is 1.